The number of halogens is 2. The summed E-state index contributed by atoms with van der Waals surface area (Å²) in [6.45, 7) is 4.57. The van der Waals surface area contributed by atoms with E-state index in [9.17, 15) is 4.79 Å². The van der Waals surface area contributed by atoms with Crippen molar-refractivity contribution in [3.05, 3.63) is 145 Å². The summed E-state index contributed by atoms with van der Waals surface area (Å²) in [6.07, 6.45) is 1.70. The van der Waals surface area contributed by atoms with E-state index in [0.29, 0.717) is 34.7 Å². The minimum Gasteiger partial charge on any atom is -0.489 e. The number of aryl methyl sites for hydroxylation is 1. The molecule has 0 saturated heterocycles. The zero-order chi connectivity index (χ0) is 31.1. The van der Waals surface area contributed by atoms with Gasteiger partial charge in [0.15, 0.2) is 5.76 Å². The lowest BCUT2D eigenvalue weighted by molar-refractivity contribution is 0.306. The summed E-state index contributed by atoms with van der Waals surface area (Å²) in [5.41, 5.74) is 5.98. The predicted octanol–water partition coefficient (Wildman–Crippen LogP) is 9.20. The molecule has 9 heteroatoms. The summed E-state index contributed by atoms with van der Waals surface area (Å²) in [5, 5.41) is 6.05. The van der Waals surface area contributed by atoms with Crippen LogP contribution in [-0.2, 0) is 6.61 Å². The van der Waals surface area contributed by atoms with E-state index >= 15 is 0 Å². The van der Waals surface area contributed by atoms with Crippen molar-refractivity contribution in [3.63, 3.8) is 0 Å². The molecule has 7 aromatic rings. The highest BCUT2D eigenvalue weighted by Gasteiger charge is 2.17. The Morgan fingerprint density at radius 1 is 0.889 bits per heavy atom. The first-order valence-electron chi connectivity index (χ1n) is 14.3. The number of benzene rings is 4. The molecule has 0 N–H and O–H groups in total. The number of ether oxygens (including phenoxy) is 1. The van der Waals surface area contributed by atoms with Gasteiger partial charge in [-0.15, -0.1) is 0 Å². The molecular formula is C36H26Br2N4O3. The maximum absolute atomic E-state index is 13.7. The van der Waals surface area contributed by atoms with Gasteiger partial charge in [0.25, 0.3) is 5.56 Å². The normalized spacial score (nSPS) is 11.6. The number of furan rings is 1. The van der Waals surface area contributed by atoms with Gasteiger partial charge in [0.1, 0.15) is 17.9 Å². The van der Waals surface area contributed by atoms with Crippen LogP contribution in [0.2, 0.25) is 0 Å². The van der Waals surface area contributed by atoms with Crippen LogP contribution < -0.4 is 10.3 Å². The third-order valence-electron chi connectivity index (χ3n) is 7.65. The Kier molecular flexibility index (Phi) is 7.73. The van der Waals surface area contributed by atoms with Crippen LogP contribution in [0.15, 0.2) is 126 Å². The molecule has 3 aromatic heterocycles. The Hall–Kier alpha value is -4.73. The molecule has 7 nitrogen and oxygen atoms in total. The first kappa shape index (κ1) is 29.0. The first-order valence-corrected chi connectivity index (χ1v) is 15.8. The molecule has 4 aromatic carbocycles. The van der Waals surface area contributed by atoms with Gasteiger partial charge in [-0.05, 0) is 98.3 Å². The Balaban J connectivity index is 1.21. The zero-order valence-corrected chi connectivity index (χ0v) is 27.5. The van der Waals surface area contributed by atoms with Gasteiger partial charge in [-0.2, -0.15) is 9.78 Å². The van der Waals surface area contributed by atoms with E-state index in [0.717, 1.165) is 48.3 Å². The van der Waals surface area contributed by atoms with Crippen LogP contribution in [0, 0.1) is 13.8 Å². The fraction of sp³-hybridized carbons (Fsp3) is 0.0833. The molecule has 3 heterocycles. The maximum Gasteiger partial charge on any atom is 0.282 e. The summed E-state index contributed by atoms with van der Waals surface area (Å²) in [5.74, 6) is 1.57. The van der Waals surface area contributed by atoms with Crippen LogP contribution >= 0.6 is 31.9 Å². The van der Waals surface area contributed by atoms with Gasteiger partial charge in [0, 0.05) is 37.0 Å². The lowest BCUT2D eigenvalue weighted by Crippen LogP contribution is -2.20. The van der Waals surface area contributed by atoms with E-state index in [1.54, 1.807) is 12.3 Å². The Labute approximate surface area is 275 Å². The van der Waals surface area contributed by atoms with Gasteiger partial charge in [0.2, 0.25) is 5.82 Å². The Morgan fingerprint density at radius 3 is 2.44 bits per heavy atom. The maximum atomic E-state index is 13.7. The van der Waals surface area contributed by atoms with E-state index in [-0.39, 0.29) is 5.56 Å². The summed E-state index contributed by atoms with van der Waals surface area (Å²) >= 11 is 6.98. The van der Waals surface area contributed by atoms with Crippen LogP contribution in [0.4, 0.5) is 0 Å². The van der Waals surface area contributed by atoms with Crippen molar-refractivity contribution in [2.75, 3.05) is 0 Å². The summed E-state index contributed by atoms with van der Waals surface area (Å²) in [6, 6.07) is 33.0. The highest BCUT2D eigenvalue weighted by molar-refractivity contribution is 9.10. The first-order chi connectivity index (χ1) is 21.8. The molecule has 45 heavy (non-hydrogen) atoms. The molecule has 0 aliphatic rings. The van der Waals surface area contributed by atoms with Crippen molar-refractivity contribution in [3.8, 4) is 23.0 Å². The number of hydrogen-bond acceptors (Lipinski definition) is 5. The summed E-state index contributed by atoms with van der Waals surface area (Å²) in [4.78, 5) is 18.5. The SMILES string of the molecule is Cc1cc(C=Nn2c(-c3cc4cc(Br)ccc4o3)nc3ccccc3c2=O)c(C)n1-c1ccc(OCc2ccc(Br)cc2)cc1. The quantitative estimate of drug-likeness (QED) is 0.154. The average Bonchev–Trinajstić information content (AvgIpc) is 3.59. The molecule has 0 saturated carbocycles. The van der Waals surface area contributed by atoms with Gasteiger partial charge >= 0.3 is 0 Å². The standard InChI is InChI=1S/C36H26Br2N4O3/c1-22-17-26(23(2)41(22)29-12-14-30(15-13-29)44-21-24-7-9-27(37)10-8-24)20-39-42-35(40-32-6-4-3-5-31(32)36(42)43)34-19-25-18-28(38)11-16-33(25)45-34/h3-20H,21H2,1-2H3. The molecule has 0 unspecified atom stereocenters. The van der Waals surface area contributed by atoms with Crippen molar-refractivity contribution in [2.45, 2.75) is 20.5 Å². The lowest BCUT2D eigenvalue weighted by Gasteiger charge is -2.12. The highest BCUT2D eigenvalue weighted by atomic mass is 79.9. The van der Waals surface area contributed by atoms with Gasteiger partial charge in [-0.25, -0.2) is 4.98 Å². The third-order valence-corrected chi connectivity index (χ3v) is 8.67. The molecule has 0 atom stereocenters. The predicted molar refractivity (Wildman–Crippen MR) is 186 cm³/mol. The molecule has 0 radical (unpaired) electrons. The second kappa shape index (κ2) is 12.0. The zero-order valence-electron chi connectivity index (χ0n) is 24.4. The second-order valence-corrected chi connectivity index (χ2v) is 12.5. The summed E-state index contributed by atoms with van der Waals surface area (Å²) in [7, 11) is 0. The van der Waals surface area contributed by atoms with E-state index in [1.165, 1.54) is 4.68 Å². The molecule has 0 bridgehead atoms. The Morgan fingerprint density at radius 2 is 1.64 bits per heavy atom. The van der Waals surface area contributed by atoms with E-state index in [1.807, 2.05) is 105 Å². The number of rotatable bonds is 7. The van der Waals surface area contributed by atoms with Crippen LogP contribution in [0.1, 0.15) is 22.5 Å². The molecule has 0 aliphatic carbocycles. The average molecular weight is 722 g/mol. The molecule has 0 fully saturated rings. The number of aromatic nitrogens is 3. The van der Waals surface area contributed by atoms with Crippen molar-refractivity contribution in [1.82, 2.24) is 14.2 Å². The van der Waals surface area contributed by atoms with Crippen LogP contribution in [0.5, 0.6) is 5.75 Å². The minimum atomic E-state index is -0.277. The molecule has 0 aliphatic heterocycles. The van der Waals surface area contributed by atoms with Gasteiger partial charge in [0.05, 0.1) is 17.1 Å². The van der Waals surface area contributed by atoms with Crippen molar-refractivity contribution >= 4 is 59.9 Å². The van der Waals surface area contributed by atoms with Gasteiger partial charge < -0.3 is 13.7 Å². The molecule has 7 rings (SSSR count). The van der Waals surface area contributed by atoms with Crippen molar-refractivity contribution in [1.29, 1.82) is 0 Å². The fourth-order valence-electron chi connectivity index (χ4n) is 5.39. The van der Waals surface area contributed by atoms with Crippen LogP contribution in [-0.4, -0.2) is 20.4 Å². The number of hydrogen-bond donors (Lipinski definition) is 0. The third kappa shape index (κ3) is 5.77. The van der Waals surface area contributed by atoms with Crippen LogP contribution in [0.25, 0.3) is 39.1 Å². The largest absolute Gasteiger partial charge is 0.489 e. The summed E-state index contributed by atoms with van der Waals surface area (Å²) < 4.78 is 17.6. The second-order valence-electron chi connectivity index (χ2n) is 10.7. The topological polar surface area (TPSA) is 74.5 Å². The minimum absolute atomic E-state index is 0.277. The van der Waals surface area contributed by atoms with E-state index in [4.69, 9.17) is 14.1 Å². The van der Waals surface area contributed by atoms with E-state index < -0.39 is 0 Å². The van der Waals surface area contributed by atoms with Crippen molar-refractivity contribution < 1.29 is 9.15 Å². The number of fused-ring (bicyclic) bond motifs is 2. The molecule has 222 valence electrons. The van der Waals surface area contributed by atoms with E-state index in [2.05, 4.69) is 47.6 Å². The number of nitrogens with zero attached hydrogens (tertiary/aromatic N) is 4. The molecular weight excluding hydrogens is 696 g/mol. The van der Waals surface area contributed by atoms with Gasteiger partial charge in [-0.3, -0.25) is 4.79 Å². The highest BCUT2D eigenvalue weighted by Crippen LogP contribution is 2.29. The fourth-order valence-corrected chi connectivity index (χ4v) is 6.03. The van der Waals surface area contributed by atoms with Crippen molar-refractivity contribution in [2.24, 2.45) is 5.10 Å². The smallest absolute Gasteiger partial charge is 0.282 e. The molecule has 0 spiro atoms. The molecule has 0 amide bonds. The lowest BCUT2D eigenvalue weighted by atomic mass is 10.2. The number of para-hydroxylation sites is 1. The Bertz CT molecular complexity index is 2280. The van der Waals surface area contributed by atoms with Gasteiger partial charge in [-0.1, -0.05) is 56.1 Å². The van der Waals surface area contributed by atoms with Crippen LogP contribution in [0.3, 0.4) is 0 Å². The monoisotopic (exact) mass is 720 g/mol.